The number of carbonyl (C=O) groups is 2. The number of nitrogens with one attached hydrogen (secondary N) is 1. The molecule has 24 heavy (non-hydrogen) atoms. The van der Waals surface area contributed by atoms with Crippen LogP contribution in [0.3, 0.4) is 0 Å². The molecule has 0 unspecified atom stereocenters. The van der Waals surface area contributed by atoms with Gasteiger partial charge < -0.3 is 10.0 Å². The Morgan fingerprint density at radius 2 is 2.12 bits per heavy atom. The lowest BCUT2D eigenvalue weighted by Crippen LogP contribution is -2.42. The predicted octanol–water partition coefficient (Wildman–Crippen LogP) is 2.02. The van der Waals surface area contributed by atoms with Crippen LogP contribution in [0.4, 0.5) is 5.69 Å². The average molecular weight is 325 g/mol. The number of fused-ring (bicyclic) bond motifs is 1. The number of hydrogen-bond donors (Lipinski definition) is 2. The highest BCUT2D eigenvalue weighted by molar-refractivity contribution is 6.11. The molecule has 1 amide bonds. The van der Waals surface area contributed by atoms with Gasteiger partial charge in [0.1, 0.15) is 0 Å². The molecule has 1 aliphatic rings. The molecule has 0 fully saturated rings. The second-order valence-corrected chi connectivity index (χ2v) is 5.99. The van der Waals surface area contributed by atoms with Crippen LogP contribution < -0.4 is 4.90 Å². The van der Waals surface area contributed by atoms with E-state index < -0.39 is 11.5 Å². The first kappa shape index (κ1) is 16.1. The highest BCUT2D eigenvalue weighted by Gasteiger charge is 2.50. The van der Waals surface area contributed by atoms with E-state index >= 15 is 0 Å². The van der Waals surface area contributed by atoms with E-state index in [9.17, 15) is 14.7 Å². The minimum absolute atomic E-state index is 0.274. The molecule has 3 rings (SSSR count). The molecule has 124 valence electrons. The molecule has 1 aromatic carbocycles. The number of H-pyrrole nitrogens is 1. The largest absolute Gasteiger partial charge is 0.375 e. The van der Waals surface area contributed by atoms with E-state index in [0.717, 1.165) is 0 Å². The van der Waals surface area contributed by atoms with Gasteiger partial charge in [-0.25, -0.2) is 0 Å². The van der Waals surface area contributed by atoms with Crippen LogP contribution in [-0.2, 0) is 10.4 Å². The van der Waals surface area contributed by atoms with E-state index in [1.165, 1.54) is 4.90 Å². The minimum Gasteiger partial charge on any atom is -0.375 e. The van der Waals surface area contributed by atoms with Gasteiger partial charge in [-0.2, -0.15) is 5.10 Å². The maximum atomic E-state index is 12.8. The van der Waals surface area contributed by atoms with Crippen LogP contribution in [0.1, 0.15) is 33.7 Å². The average Bonchev–Trinajstić information content (AvgIpc) is 2.99. The Morgan fingerprint density at radius 3 is 2.75 bits per heavy atom. The van der Waals surface area contributed by atoms with Crippen molar-refractivity contribution in [3.8, 4) is 0 Å². The van der Waals surface area contributed by atoms with Gasteiger partial charge in [-0.15, -0.1) is 6.58 Å². The first-order valence-corrected chi connectivity index (χ1v) is 7.69. The fraction of sp³-hybridized carbons (Fsp3) is 0.278. The van der Waals surface area contributed by atoms with Crippen molar-refractivity contribution in [3.63, 3.8) is 0 Å². The van der Waals surface area contributed by atoms with E-state index in [1.807, 2.05) is 0 Å². The maximum absolute atomic E-state index is 12.8. The van der Waals surface area contributed by atoms with Gasteiger partial charge in [-0.1, -0.05) is 24.3 Å². The number of aromatic amines is 1. The molecule has 6 nitrogen and oxygen atoms in total. The molecule has 2 aromatic rings. The van der Waals surface area contributed by atoms with Gasteiger partial charge in [-0.3, -0.25) is 14.7 Å². The molecule has 6 heteroatoms. The van der Waals surface area contributed by atoms with Gasteiger partial charge in [0.2, 0.25) is 0 Å². The third-order valence-electron chi connectivity index (χ3n) is 4.37. The molecule has 1 aromatic heterocycles. The zero-order valence-corrected chi connectivity index (χ0v) is 13.7. The van der Waals surface area contributed by atoms with Gasteiger partial charge in [0.15, 0.2) is 11.4 Å². The first-order chi connectivity index (χ1) is 11.4. The van der Waals surface area contributed by atoms with Crippen molar-refractivity contribution in [1.29, 1.82) is 0 Å². The van der Waals surface area contributed by atoms with E-state index in [4.69, 9.17) is 0 Å². The lowest BCUT2D eigenvalue weighted by molar-refractivity contribution is -0.135. The summed E-state index contributed by atoms with van der Waals surface area (Å²) in [6.07, 6.45) is 1.27. The number of amides is 1. The highest BCUT2D eigenvalue weighted by atomic mass is 16.3. The van der Waals surface area contributed by atoms with Crippen molar-refractivity contribution in [2.45, 2.75) is 25.9 Å². The smallest absolute Gasteiger partial charge is 0.264 e. The molecule has 0 bridgehead atoms. The molecule has 2 N–H and O–H groups in total. The number of ketones is 1. The molecule has 0 saturated carbocycles. The zero-order valence-electron chi connectivity index (χ0n) is 13.7. The second kappa shape index (κ2) is 5.72. The number of carbonyl (C=O) groups excluding carboxylic acids is 2. The third kappa shape index (κ3) is 2.27. The fourth-order valence-electron chi connectivity index (χ4n) is 3.27. The van der Waals surface area contributed by atoms with Crippen LogP contribution in [0.5, 0.6) is 0 Å². The van der Waals surface area contributed by atoms with Crippen molar-refractivity contribution >= 4 is 17.4 Å². The zero-order chi connectivity index (χ0) is 17.5. The Bertz CT molecular complexity index is 820. The Labute approximate surface area is 139 Å². The van der Waals surface area contributed by atoms with E-state index in [1.54, 1.807) is 44.2 Å². The topological polar surface area (TPSA) is 86.3 Å². The first-order valence-electron chi connectivity index (χ1n) is 7.69. The van der Waals surface area contributed by atoms with Crippen LogP contribution >= 0.6 is 0 Å². The Morgan fingerprint density at radius 1 is 1.42 bits per heavy atom. The van der Waals surface area contributed by atoms with Gasteiger partial charge >= 0.3 is 0 Å². The van der Waals surface area contributed by atoms with Crippen molar-refractivity contribution in [1.82, 2.24) is 10.2 Å². The van der Waals surface area contributed by atoms with Gasteiger partial charge in [0.25, 0.3) is 5.91 Å². The molecule has 0 aliphatic carbocycles. The number of Topliss-reactive ketones (excluding diaryl/α,β-unsaturated/α-hetero) is 1. The van der Waals surface area contributed by atoms with Crippen LogP contribution in [0.15, 0.2) is 36.9 Å². The lowest BCUT2D eigenvalue weighted by Gasteiger charge is -2.22. The Hall–Kier alpha value is -2.73. The second-order valence-electron chi connectivity index (χ2n) is 5.99. The van der Waals surface area contributed by atoms with Crippen molar-refractivity contribution < 1.29 is 14.7 Å². The number of aryl methyl sites for hydroxylation is 2. The number of anilines is 1. The van der Waals surface area contributed by atoms with Gasteiger partial charge in [0.05, 0.1) is 23.4 Å². The number of nitrogens with zero attached hydrogens (tertiary/aromatic N) is 2. The standard InChI is InChI=1S/C18H19N3O3/c1-4-9-21-14-8-6-5-7-13(14)18(24,17(21)23)10-15(22)16-11(2)19-20-12(16)3/h4-8,24H,1,9-10H2,2-3H3,(H,19,20)/t18-/m1/s1. The summed E-state index contributed by atoms with van der Waals surface area (Å²) in [7, 11) is 0. The molecular formula is C18H19N3O3. The summed E-state index contributed by atoms with van der Waals surface area (Å²) in [6.45, 7) is 7.38. The van der Waals surface area contributed by atoms with Crippen molar-refractivity contribution in [2.24, 2.45) is 0 Å². The molecule has 0 radical (unpaired) electrons. The molecule has 0 spiro atoms. The van der Waals surface area contributed by atoms with Crippen LogP contribution in [-0.4, -0.2) is 33.5 Å². The molecule has 1 atom stereocenters. The van der Waals surface area contributed by atoms with Crippen LogP contribution in [0.25, 0.3) is 0 Å². The maximum Gasteiger partial charge on any atom is 0.264 e. The lowest BCUT2D eigenvalue weighted by atomic mass is 9.87. The van der Waals surface area contributed by atoms with Crippen molar-refractivity contribution in [2.75, 3.05) is 11.4 Å². The summed E-state index contributed by atoms with van der Waals surface area (Å²) in [5.74, 6) is -0.819. The van der Waals surface area contributed by atoms with E-state index in [0.29, 0.717) is 28.2 Å². The summed E-state index contributed by atoms with van der Waals surface area (Å²) in [6, 6.07) is 6.97. The summed E-state index contributed by atoms with van der Waals surface area (Å²) >= 11 is 0. The Balaban J connectivity index is 2.02. The molecule has 2 heterocycles. The summed E-state index contributed by atoms with van der Waals surface area (Å²) in [5, 5.41) is 17.8. The molecular weight excluding hydrogens is 306 g/mol. The van der Waals surface area contributed by atoms with Crippen molar-refractivity contribution in [3.05, 3.63) is 59.4 Å². The van der Waals surface area contributed by atoms with E-state index in [-0.39, 0.29) is 18.7 Å². The minimum atomic E-state index is -1.87. The van der Waals surface area contributed by atoms with Gasteiger partial charge in [0, 0.05) is 17.8 Å². The number of para-hydroxylation sites is 1. The normalized spacial score (nSPS) is 19.5. The molecule has 1 aliphatic heterocycles. The monoisotopic (exact) mass is 325 g/mol. The number of benzene rings is 1. The SMILES string of the molecule is C=CCN1C(=O)[C@@](O)(CC(=O)c2c(C)n[nH]c2C)c2ccccc21. The fourth-order valence-corrected chi connectivity index (χ4v) is 3.27. The third-order valence-corrected chi connectivity index (χ3v) is 4.37. The predicted molar refractivity (Wildman–Crippen MR) is 89.9 cm³/mol. The molecule has 0 saturated heterocycles. The number of aliphatic hydroxyl groups is 1. The Kier molecular flexibility index (Phi) is 3.85. The summed E-state index contributed by atoms with van der Waals surface area (Å²) in [5.41, 5.74) is 0.802. The van der Waals surface area contributed by atoms with Gasteiger partial charge in [-0.05, 0) is 19.9 Å². The number of aromatic nitrogens is 2. The summed E-state index contributed by atoms with van der Waals surface area (Å²) in [4.78, 5) is 27.0. The van der Waals surface area contributed by atoms with Crippen LogP contribution in [0, 0.1) is 13.8 Å². The quantitative estimate of drug-likeness (QED) is 0.650. The summed E-state index contributed by atoms with van der Waals surface area (Å²) < 4.78 is 0. The van der Waals surface area contributed by atoms with Crippen LogP contribution in [0.2, 0.25) is 0 Å². The van der Waals surface area contributed by atoms with E-state index in [2.05, 4.69) is 16.8 Å². The number of rotatable bonds is 5. The number of hydrogen-bond acceptors (Lipinski definition) is 4. The highest BCUT2D eigenvalue weighted by Crippen LogP contribution is 2.42.